The van der Waals surface area contributed by atoms with Crippen molar-refractivity contribution in [1.82, 2.24) is 10.1 Å². The average Bonchev–Trinajstić information content (AvgIpc) is 3.00. The molecule has 94 valence electrons. The fraction of sp³-hybridized carbons (Fsp3) is 0.462. The Balaban J connectivity index is 1.86. The fourth-order valence-electron chi connectivity index (χ4n) is 2.31. The molecule has 1 atom stereocenters. The van der Waals surface area contributed by atoms with E-state index in [-0.39, 0.29) is 11.7 Å². The lowest BCUT2D eigenvalue weighted by molar-refractivity contribution is -0.120. The van der Waals surface area contributed by atoms with E-state index in [2.05, 4.69) is 10.1 Å². The van der Waals surface area contributed by atoms with Crippen molar-refractivity contribution in [3.8, 4) is 11.4 Å². The quantitative estimate of drug-likeness (QED) is 0.778. The van der Waals surface area contributed by atoms with E-state index in [1.807, 2.05) is 16.8 Å². The number of carbonyl (C=O) groups is 1. The van der Waals surface area contributed by atoms with Crippen LogP contribution in [0, 0.1) is 0 Å². The van der Waals surface area contributed by atoms with Crippen LogP contribution in [0.2, 0.25) is 0 Å². The molecule has 5 heteroatoms. The van der Waals surface area contributed by atoms with Gasteiger partial charge in [0, 0.05) is 17.4 Å². The number of rotatable bonds is 2. The van der Waals surface area contributed by atoms with Crippen LogP contribution in [0.25, 0.3) is 11.4 Å². The standard InChI is InChI=1S/C13H14N2O2S/c16-11-5-3-1-2-4-10(11)13-14-12(15-17-13)9-6-7-18-8-9/h6-8,10H,1-5H2. The summed E-state index contributed by atoms with van der Waals surface area (Å²) in [5, 5.41) is 7.92. The van der Waals surface area contributed by atoms with Crippen LogP contribution in [-0.4, -0.2) is 15.9 Å². The molecule has 18 heavy (non-hydrogen) atoms. The zero-order valence-electron chi connectivity index (χ0n) is 9.96. The molecule has 4 nitrogen and oxygen atoms in total. The molecular formula is C13H14N2O2S. The first-order valence-electron chi connectivity index (χ1n) is 6.23. The van der Waals surface area contributed by atoms with E-state index < -0.39 is 0 Å². The van der Waals surface area contributed by atoms with Gasteiger partial charge in [0.05, 0.1) is 5.92 Å². The topological polar surface area (TPSA) is 56.0 Å². The predicted octanol–water partition coefficient (Wildman–Crippen LogP) is 3.41. The lowest BCUT2D eigenvalue weighted by Crippen LogP contribution is -2.10. The minimum atomic E-state index is -0.188. The first-order chi connectivity index (χ1) is 8.84. The van der Waals surface area contributed by atoms with E-state index in [0.29, 0.717) is 18.1 Å². The Morgan fingerprint density at radius 2 is 2.28 bits per heavy atom. The Hall–Kier alpha value is -1.49. The summed E-state index contributed by atoms with van der Waals surface area (Å²) in [4.78, 5) is 16.4. The zero-order chi connectivity index (χ0) is 12.4. The van der Waals surface area contributed by atoms with Crippen molar-refractivity contribution >= 4 is 17.1 Å². The van der Waals surface area contributed by atoms with Crippen molar-refractivity contribution in [2.45, 2.75) is 38.0 Å². The Labute approximate surface area is 109 Å². The number of nitrogens with zero attached hydrogens (tertiary/aromatic N) is 2. The van der Waals surface area contributed by atoms with E-state index in [1.165, 1.54) is 0 Å². The molecular weight excluding hydrogens is 248 g/mol. The van der Waals surface area contributed by atoms with Gasteiger partial charge in [0.25, 0.3) is 0 Å². The number of ketones is 1. The minimum Gasteiger partial charge on any atom is -0.338 e. The molecule has 0 aromatic carbocycles. The normalized spacial score (nSPS) is 20.9. The van der Waals surface area contributed by atoms with Crippen molar-refractivity contribution in [3.05, 3.63) is 22.7 Å². The van der Waals surface area contributed by atoms with E-state index in [1.54, 1.807) is 11.3 Å². The van der Waals surface area contributed by atoms with Crippen LogP contribution in [0.5, 0.6) is 0 Å². The third-order valence-electron chi connectivity index (χ3n) is 3.32. The largest absolute Gasteiger partial charge is 0.338 e. The predicted molar refractivity (Wildman–Crippen MR) is 68.4 cm³/mol. The molecule has 1 saturated carbocycles. The third-order valence-corrected chi connectivity index (χ3v) is 4.01. The first kappa shape index (κ1) is 11.6. The van der Waals surface area contributed by atoms with Gasteiger partial charge in [-0.2, -0.15) is 16.3 Å². The molecule has 0 N–H and O–H groups in total. The van der Waals surface area contributed by atoms with Crippen molar-refractivity contribution < 1.29 is 9.32 Å². The number of Topliss-reactive ketones (excluding diaryl/α,β-unsaturated/α-hetero) is 1. The third kappa shape index (κ3) is 2.22. The van der Waals surface area contributed by atoms with Crippen molar-refractivity contribution in [3.63, 3.8) is 0 Å². The molecule has 1 aliphatic rings. The molecule has 2 aromatic heterocycles. The first-order valence-corrected chi connectivity index (χ1v) is 7.18. The molecule has 2 heterocycles. The summed E-state index contributed by atoms with van der Waals surface area (Å²) in [6.45, 7) is 0. The minimum absolute atomic E-state index is 0.188. The van der Waals surface area contributed by atoms with Gasteiger partial charge in [0.2, 0.25) is 11.7 Å². The average molecular weight is 262 g/mol. The van der Waals surface area contributed by atoms with E-state index in [9.17, 15) is 4.79 Å². The van der Waals surface area contributed by atoms with Gasteiger partial charge < -0.3 is 4.52 Å². The van der Waals surface area contributed by atoms with Gasteiger partial charge in [-0.25, -0.2) is 0 Å². The van der Waals surface area contributed by atoms with Gasteiger partial charge in [-0.3, -0.25) is 4.79 Å². The molecule has 0 amide bonds. The zero-order valence-corrected chi connectivity index (χ0v) is 10.8. The van der Waals surface area contributed by atoms with E-state index in [4.69, 9.17) is 4.52 Å². The van der Waals surface area contributed by atoms with Gasteiger partial charge in [0.1, 0.15) is 5.78 Å². The monoisotopic (exact) mass is 262 g/mol. The molecule has 0 saturated heterocycles. The number of hydrogen-bond acceptors (Lipinski definition) is 5. The molecule has 0 bridgehead atoms. The lowest BCUT2D eigenvalue weighted by Gasteiger charge is -2.06. The number of aromatic nitrogens is 2. The summed E-state index contributed by atoms with van der Waals surface area (Å²) in [6.07, 6.45) is 4.64. The molecule has 0 aliphatic heterocycles. The highest BCUT2D eigenvalue weighted by Crippen LogP contribution is 2.29. The van der Waals surface area contributed by atoms with Crippen LogP contribution in [0.1, 0.15) is 43.9 Å². The van der Waals surface area contributed by atoms with Crippen molar-refractivity contribution in [2.24, 2.45) is 0 Å². The molecule has 0 radical (unpaired) electrons. The fourth-order valence-corrected chi connectivity index (χ4v) is 2.94. The summed E-state index contributed by atoms with van der Waals surface area (Å²) in [6, 6.07) is 1.95. The van der Waals surface area contributed by atoms with Gasteiger partial charge >= 0.3 is 0 Å². The number of thiophene rings is 1. The summed E-state index contributed by atoms with van der Waals surface area (Å²) in [5.74, 6) is 1.13. The smallest absolute Gasteiger partial charge is 0.237 e. The van der Waals surface area contributed by atoms with Crippen LogP contribution in [0.3, 0.4) is 0 Å². The highest BCUT2D eigenvalue weighted by Gasteiger charge is 2.27. The molecule has 2 aromatic rings. The lowest BCUT2D eigenvalue weighted by atomic mass is 9.99. The Morgan fingerprint density at radius 1 is 1.33 bits per heavy atom. The summed E-state index contributed by atoms with van der Waals surface area (Å²) >= 11 is 1.59. The molecule has 1 fully saturated rings. The highest BCUT2D eigenvalue weighted by atomic mass is 32.1. The molecule has 1 aliphatic carbocycles. The van der Waals surface area contributed by atoms with Crippen LogP contribution >= 0.6 is 11.3 Å². The number of carbonyl (C=O) groups excluding carboxylic acids is 1. The Bertz CT molecular complexity index is 533. The molecule has 0 spiro atoms. The maximum atomic E-state index is 12.0. The maximum Gasteiger partial charge on any atom is 0.237 e. The second-order valence-electron chi connectivity index (χ2n) is 4.59. The molecule has 1 unspecified atom stereocenters. The summed E-state index contributed by atoms with van der Waals surface area (Å²) in [5.41, 5.74) is 0.955. The van der Waals surface area contributed by atoms with E-state index >= 15 is 0 Å². The summed E-state index contributed by atoms with van der Waals surface area (Å²) < 4.78 is 5.28. The second-order valence-corrected chi connectivity index (χ2v) is 5.37. The van der Waals surface area contributed by atoms with E-state index in [0.717, 1.165) is 31.2 Å². The second kappa shape index (κ2) is 5.02. The van der Waals surface area contributed by atoms with Crippen LogP contribution < -0.4 is 0 Å². The van der Waals surface area contributed by atoms with Gasteiger partial charge in [0.15, 0.2) is 0 Å². The van der Waals surface area contributed by atoms with Crippen LogP contribution in [0.15, 0.2) is 21.3 Å². The van der Waals surface area contributed by atoms with Crippen molar-refractivity contribution in [2.75, 3.05) is 0 Å². The van der Waals surface area contributed by atoms with Crippen molar-refractivity contribution in [1.29, 1.82) is 0 Å². The Kier molecular flexibility index (Phi) is 3.23. The van der Waals surface area contributed by atoms with Gasteiger partial charge in [-0.15, -0.1) is 0 Å². The maximum absolute atomic E-state index is 12.0. The van der Waals surface area contributed by atoms with Gasteiger partial charge in [-0.1, -0.05) is 18.0 Å². The SMILES string of the molecule is O=C1CCCCCC1c1nc(-c2ccsc2)no1. The van der Waals surface area contributed by atoms with Gasteiger partial charge in [-0.05, 0) is 24.3 Å². The molecule has 3 rings (SSSR count). The van der Waals surface area contributed by atoms with Crippen LogP contribution in [0.4, 0.5) is 0 Å². The Morgan fingerprint density at radius 3 is 3.11 bits per heavy atom. The van der Waals surface area contributed by atoms with Crippen LogP contribution in [-0.2, 0) is 4.79 Å². The number of hydrogen-bond donors (Lipinski definition) is 0. The summed E-state index contributed by atoms with van der Waals surface area (Å²) in [7, 11) is 0. The highest BCUT2D eigenvalue weighted by molar-refractivity contribution is 7.08.